The maximum atomic E-state index is 11.4. The molecular weight excluding hydrogens is 252 g/mol. The molecule has 0 fully saturated rings. The minimum atomic E-state index is -0.563. The van der Waals surface area contributed by atoms with Gasteiger partial charge >= 0.3 is 5.97 Å². The maximum absolute atomic E-state index is 11.4. The van der Waals surface area contributed by atoms with Gasteiger partial charge in [-0.25, -0.2) is 0 Å². The van der Waals surface area contributed by atoms with Crippen molar-refractivity contribution in [1.82, 2.24) is 0 Å². The molecule has 0 N–H and O–H groups in total. The van der Waals surface area contributed by atoms with Gasteiger partial charge in [0.1, 0.15) is 6.79 Å². The second kappa shape index (κ2) is 11.8. The second-order valence-corrected chi connectivity index (χ2v) is 3.69. The molecule has 6 heteroatoms. The van der Waals surface area contributed by atoms with Crippen LogP contribution in [0, 0.1) is 0 Å². The molecule has 0 heterocycles. The second-order valence-electron chi connectivity index (χ2n) is 3.69. The first-order chi connectivity index (χ1) is 9.13. The molecule has 0 unspecified atom stereocenters. The quantitative estimate of drug-likeness (QED) is 0.230. The van der Waals surface area contributed by atoms with E-state index in [0.717, 1.165) is 0 Å². The molecule has 1 atom stereocenters. The zero-order valence-corrected chi connectivity index (χ0v) is 11.6. The van der Waals surface area contributed by atoms with E-state index in [1.54, 1.807) is 14.0 Å². The van der Waals surface area contributed by atoms with Crippen LogP contribution in [0.2, 0.25) is 0 Å². The third-order valence-electron chi connectivity index (χ3n) is 2.18. The Labute approximate surface area is 113 Å². The Morgan fingerprint density at radius 1 is 1.26 bits per heavy atom. The van der Waals surface area contributed by atoms with E-state index >= 15 is 0 Å². The lowest BCUT2D eigenvalue weighted by atomic mass is 10.1. The number of allylic oxidation sites excluding steroid dienone is 1. The van der Waals surface area contributed by atoms with Crippen LogP contribution in [0.3, 0.4) is 0 Å². The molecule has 0 spiro atoms. The van der Waals surface area contributed by atoms with Gasteiger partial charge in [-0.05, 0) is 13.0 Å². The Bertz CT molecular complexity index is 276. The fraction of sp³-hybridized carbons (Fsp3) is 0.692. The maximum Gasteiger partial charge on any atom is 0.308 e. The monoisotopic (exact) mass is 274 g/mol. The molecule has 0 radical (unpaired) electrons. The normalized spacial score (nSPS) is 11.9. The first-order valence-corrected chi connectivity index (χ1v) is 6.13. The molecule has 0 aliphatic heterocycles. The average molecular weight is 274 g/mol. The van der Waals surface area contributed by atoms with Crippen LogP contribution < -0.4 is 0 Å². The molecular formula is C13H22O6. The van der Waals surface area contributed by atoms with Gasteiger partial charge in [0.05, 0.1) is 32.3 Å². The van der Waals surface area contributed by atoms with Gasteiger partial charge in [-0.2, -0.15) is 0 Å². The van der Waals surface area contributed by atoms with Crippen LogP contribution in [0.1, 0.15) is 19.8 Å². The predicted octanol–water partition coefficient (Wildman–Crippen LogP) is 1.09. The highest BCUT2D eigenvalue weighted by Gasteiger charge is 2.18. The number of carbonyl (C=O) groups is 2. The smallest absolute Gasteiger partial charge is 0.308 e. The van der Waals surface area contributed by atoms with Crippen LogP contribution in [-0.2, 0) is 28.5 Å². The molecule has 6 nitrogen and oxygen atoms in total. The third-order valence-corrected chi connectivity index (χ3v) is 2.18. The summed E-state index contributed by atoms with van der Waals surface area (Å²) in [5.41, 5.74) is 0. The van der Waals surface area contributed by atoms with E-state index in [4.69, 9.17) is 18.9 Å². The van der Waals surface area contributed by atoms with Gasteiger partial charge in [-0.1, -0.05) is 6.58 Å². The highest BCUT2D eigenvalue weighted by molar-refractivity contribution is 5.89. The van der Waals surface area contributed by atoms with Crippen molar-refractivity contribution in [3.05, 3.63) is 12.7 Å². The molecule has 0 aliphatic carbocycles. The lowest BCUT2D eigenvalue weighted by molar-refractivity contribution is -0.151. The van der Waals surface area contributed by atoms with Crippen LogP contribution in [0.25, 0.3) is 0 Å². The van der Waals surface area contributed by atoms with E-state index in [2.05, 4.69) is 6.58 Å². The van der Waals surface area contributed by atoms with E-state index in [-0.39, 0.29) is 25.4 Å². The number of esters is 1. The molecule has 19 heavy (non-hydrogen) atoms. The Morgan fingerprint density at radius 2 is 2.00 bits per heavy atom. The molecule has 110 valence electrons. The Hall–Kier alpha value is -1.24. The van der Waals surface area contributed by atoms with Crippen molar-refractivity contribution >= 4 is 11.8 Å². The minimum Gasteiger partial charge on any atom is -0.466 e. The van der Waals surface area contributed by atoms with Gasteiger partial charge in [-0.15, -0.1) is 0 Å². The zero-order valence-electron chi connectivity index (χ0n) is 11.6. The topological polar surface area (TPSA) is 71.1 Å². The first kappa shape index (κ1) is 17.8. The highest BCUT2D eigenvalue weighted by atomic mass is 16.7. The standard InChI is InChI=1S/C13H22O6/c1-4-11(14)8-12(9-13(15)18-5-2)19-10-17-7-6-16-3/h4,12H,1,5-10H2,2-3H3/t12-/m1/s1. The number of rotatable bonds is 12. The van der Waals surface area contributed by atoms with Gasteiger partial charge in [0.15, 0.2) is 5.78 Å². The van der Waals surface area contributed by atoms with Crippen molar-refractivity contribution in [1.29, 1.82) is 0 Å². The summed E-state index contributed by atoms with van der Waals surface area (Å²) in [4.78, 5) is 22.6. The molecule has 0 bridgehead atoms. The summed E-state index contributed by atoms with van der Waals surface area (Å²) < 4.78 is 20.1. The number of methoxy groups -OCH3 is 1. The first-order valence-electron chi connectivity index (χ1n) is 6.13. The number of carbonyl (C=O) groups excluding carboxylic acids is 2. The highest BCUT2D eigenvalue weighted by Crippen LogP contribution is 2.07. The summed E-state index contributed by atoms with van der Waals surface area (Å²) in [6, 6.07) is 0. The van der Waals surface area contributed by atoms with E-state index in [9.17, 15) is 9.59 Å². The average Bonchev–Trinajstić information content (AvgIpc) is 2.38. The minimum absolute atomic E-state index is 0.00213. The van der Waals surface area contributed by atoms with Gasteiger partial charge in [0.25, 0.3) is 0 Å². The predicted molar refractivity (Wildman–Crippen MR) is 68.6 cm³/mol. The number of ketones is 1. The summed E-state index contributed by atoms with van der Waals surface area (Å²) in [7, 11) is 1.57. The number of ether oxygens (including phenoxy) is 4. The summed E-state index contributed by atoms with van der Waals surface area (Å²) in [6.45, 7) is 6.24. The van der Waals surface area contributed by atoms with E-state index in [1.807, 2.05) is 0 Å². The van der Waals surface area contributed by atoms with Crippen LogP contribution >= 0.6 is 0 Å². The summed E-state index contributed by atoms with van der Waals surface area (Å²) in [5.74, 6) is -0.590. The Balaban J connectivity index is 4.06. The van der Waals surface area contributed by atoms with Crippen LogP contribution in [-0.4, -0.2) is 51.6 Å². The van der Waals surface area contributed by atoms with Crippen molar-refractivity contribution in [2.45, 2.75) is 25.9 Å². The summed E-state index contributed by atoms with van der Waals surface area (Å²) >= 11 is 0. The number of hydrogen-bond acceptors (Lipinski definition) is 6. The van der Waals surface area contributed by atoms with E-state index in [1.165, 1.54) is 6.08 Å². The van der Waals surface area contributed by atoms with E-state index in [0.29, 0.717) is 19.8 Å². The number of hydrogen-bond donors (Lipinski definition) is 0. The van der Waals surface area contributed by atoms with Gasteiger partial charge in [-0.3, -0.25) is 9.59 Å². The van der Waals surface area contributed by atoms with Crippen molar-refractivity contribution in [3.63, 3.8) is 0 Å². The van der Waals surface area contributed by atoms with Crippen LogP contribution in [0.5, 0.6) is 0 Å². The Morgan fingerprint density at radius 3 is 2.58 bits per heavy atom. The summed E-state index contributed by atoms with van der Waals surface area (Å²) in [5, 5.41) is 0. The fourth-order valence-corrected chi connectivity index (χ4v) is 1.25. The molecule has 0 saturated heterocycles. The van der Waals surface area contributed by atoms with E-state index < -0.39 is 12.1 Å². The molecule has 0 aromatic rings. The molecule has 0 aliphatic rings. The van der Waals surface area contributed by atoms with Gasteiger partial charge in [0.2, 0.25) is 0 Å². The van der Waals surface area contributed by atoms with Gasteiger partial charge in [0, 0.05) is 13.5 Å². The zero-order chi connectivity index (χ0) is 14.5. The SMILES string of the molecule is C=CC(=O)C[C@H](CC(=O)OCC)OCOCCOC. The van der Waals surface area contributed by atoms with Crippen molar-refractivity contribution in [2.75, 3.05) is 33.7 Å². The molecule has 0 aromatic carbocycles. The van der Waals surface area contributed by atoms with Crippen molar-refractivity contribution < 1.29 is 28.5 Å². The molecule has 0 rings (SSSR count). The van der Waals surface area contributed by atoms with Crippen molar-refractivity contribution in [3.8, 4) is 0 Å². The van der Waals surface area contributed by atoms with Crippen LogP contribution in [0.15, 0.2) is 12.7 Å². The molecule has 0 aromatic heterocycles. The van der Waals surface area contributed by atoms with Crippen LogP contribution in [0.4, 0.5) is 0 Å². The lowest BCUT2D eigenvalue weighted by Crippen LogP contribution is -2.23. The molecule has 0 saturated carbocycles. The largest absolute Gasteiger partial charge is 0.466 e. The Kier molecular flexibility index (Phi) is 11.1. The molecule has 0 amide bonds. The fourth-order valence-electron chi connectivity index (χ4n) is 1.25. The van der Waals surface area contributed by atoms with Crippen molar-refractivity contribution in [2.24, 2.45) is 0 Å². The van der Waals surface area contributed by atoms with Gasteiger partial charge < -0.3 is 18.9 Å². The lowest BCUT2D eigenvalue weighted by Gasteiger charge is -2.15. The summed E-state index contributed by atoms with van der Waals surface area (Å²) in [6.07, 6.45) is 0.733. The third kappa shape index (κ3) is 10.4.